The molecule has 2 aliphatic rings. The van der Waals surface area contributed by atoms with Crippen LogP contribution >= 0.6 is 0 Å². The topological polar surface area (TPSA) is 81.1 Å². The molecule has 1 fully saturated rings. The quantitative estimate of drug-likeness (QED) is 0.891. The van der Waals surface area contributed by atoms with Crippen molar-refractivity contribution < 1.29 is 17.6 Å². The van der Waals surface area contributed by atoms with Gasteiger partial charge in [0.05, 0.1) is 5.75 Å². The van der Waals surface area contributed by atoms with Gasteiger partial charge in [-0.2, -0.15) is 0 Å². The fourth-order valence-electron chi connectivity index (χ4n) is 3.72. The van der Waals surface area contributed by atoms with E-state index in [9.17, 15) is 17.6 Å². The Bertz CT molecular complexity index is 945. The molecule has 1 aliphatic carbocycles. The Morgan fingerprint density at radius 1 is 1.15 bits per heavy atom. The fraction of sp³-hybridized carbons (Fsp3) is 0.444. The highest BCUT2D eigenvalue weighted by Gasteiger charge is 2.36. The summed E-state index contributed by atoms with van der Waals surface area (Å²) < 4.78 is 39.2. The second kappa shape index (κ2) is 6.50. The van der Waals surface area contributed by atoms with E-state index < -0.39 is 15.7 Å². The second-order valence-corrected chi connectivity index (χ2v) is 8.88. The van der Waals surface area contributed by atoms with E-state index in [-0.39, 0.29) is 40.8 Å². The lowest BCUT2D eigenvalue weighted by Crippen LogP contribution is -2.37. The highest BCUT2D eigenvalue weighted by Crippen LogP contribution is 2.31. The Balaban J connectivity index is 1.76. The zero-order valence-electron chi connectivity index (χ0n) is 14.2. The minimum Gasteiger partial charge on any atom is -0.348 e. The van der Waals surface area contributed by atoms with Gasteiger partial charge in [-0.15, -0.1) is 0 Å². The minimum atomic E-state index is -3.49. The fourth-order valence-corrected chi connectivity index (χ4v) is 5.07. The van der Waals surface area contributed by atoms with Gasteiger partial charge in [0.2, 0.25) is 15.0 Å². The molecule has 6 nitrogen and oxygen atoms in total. The zero-order valence-corrected chi connectivity index (χ0v) is 15.1. The third kappa shape index (κ3) is 3.02. The maximum absolute atomic E-state index is 13.3. The van der Waals surface area contributed by atoms with E-state index in [2.05, 4.69) is 10.3 Å². The number of carbonyl (C=O) groups excluding carboxylic acids is 1. The van der Waals surface area contributed by atoms with Crippen LogP contribution in [0.2, 0.25) is 0 Å². The first kappa shape index (κ1) is 17.2. The Morgan fingerprint density at radius 3 is 2.54 bits per heavy atom. The van der Waals surface area contributed by atoms with Crippen LogP contribution in [0.3, 0.4) is 0 Å². The van der Waals surface area contributed by atoms with Gasteiger partial charge in [0.1, 0.15) is 17.2 Å². The van der Waals surface area contributed by atoms with E-state index in [4.69, 9.17) is 0 Å². The van der Waals surface area contributed by atoms with Crippen molar-refractivity contribution >= 4 is 15.7 Å². The predicted octanol–water partition coefficient (Wildman–Crippen LogP) is 2.54. The van der Waals surface area contributed by atoms with Crippen molar-refractivity contribution in [3.63, 3.8) is 0 Å². The third-order valence-electron chi connectivity index (χ3n) is 5.07. The minimum absolute atomic E-state index is 0.0528. The van der Waals surface area contributed by atoms with Crippen LogP contribution in [-0.2, 0) is 16.4 Å². The van der Waals surface area contributed by atoms with Gasteiger partial charge >= 0.3 is 0 Å². The molecule has 8 heteroatoms. The molecule has 1 aromatic carbocycles. The molecule has 138 valence electrons. The standard InChI is InChI=1S/C18H20FN3O3S/c19-13-8-6-12(7-9-13)15-16(17(23)20-14-4-2-1-3-5-14)22-10-11-26(24,25)18(22)21-15/h6-9,14H,1-5,10-11H2,(H,20,23). The van der Waals surface area contributed by atoms with Crippen LogP contribution in [-0.4, -0.2) is 35.7 Å². The average Bonchev–Trinajstić information content (AvgIpc) is 3.14. The molecule has 1 N–H and O–H groups in total. The lowest BCUT2D eigenvalue weighted by molar-refractivity contribution is 0.0918. The largest absolute Gasteiger partial charge is 0.348 e. The first-order valence-corrected chi connectivity index (χ1v) is 10.5. The third-order valence-corrected chi connectivity index (χ3v) is 6.66. The molecule has 2 heterocycles. The van der Waals surface area contributed by atoms with Crippen molar-refractivity contribution in [2.45, 2.75) is 49.8 Å². The van der Waals surface area contributed by atoms with Gasteiger partial charge in [0.15, 0.2) is 0 Å². The number of amides is 1. The number of fused-ring (bicyclic) bond motifs is 1. The Kier molecular flexibility index (Phi) is 4.30. The molecule has 0 spiro atoms. The lowest BCUT2D eigenvalue weighted by atomic mass is 9.95. The molecule has 1 aromatic heterocycles. The van der Waals surface area contributed by atoms with Gasteiger partial charge in [-0.25, -0.2) is 17.8 Å². The van der Waals surface area contributed by atoms with E-state index in [1.54, 1.807) is 0 Å². The normalized spacial score (nSPS) is 19.3. The summed E-state index contributed by atoms with van der Waals surface area (Å²) in [7, 11) is -3.49. The maximum Gasteiger partial charge on any atom is 0.270 e. The SMILES string of the molecule is O=C(NC1CCCCC1)c1c(-c2ccc(F)cc2)nc2n1CCS2(=O)=O. The van der Waals surface area contributed by atoms with Crippen molar-refractivity contribution in [3.8, 4) is 11.3 Å². The van der Waals surface area contributed by atoms with Gasteiger partial charge in [0.25, 0.3) is 5.91 Å². The molecule has 1 aliphatic heterocycles. The second-order valence-electron chi connectivity index (χ2n) is 6.88. The summed E-state index contributed by atoms with van der Waals surface area (Å²) in [4.78, 5) is 17.2. The van der Waals surface area contributed by atoms with E-state index in [1.165, 1.54) is 35.3 Å². The number of nitrogens with zero attached hydrogens (tertiary/aromatic N) is 2. The smallest absolute Gasteiger partial charge is 0.270 e. The van der Waals surface area contributed by atoms with Crippen molar-refractivity contribution in [1.29, 1.82) is 0 Å². The number of sulfone groups is 1. The summed E-state index contributed by atoms with van der Waals surface area (Å²) in [5.41, 5.74) is 1.06. The highest BCUT2D eigenvalue weighted by molar-refractivity contribution is 7.91. The summed E-state index contributed by atoms with van der Waals surface area (Å²) in [5, 5.41) is 2.95. The van der Waals surface area contributed by atoms with Gasteiger partial charge in [-0.05, 0) is 37.1 Å². The summed E-state index contributed by atoms with van der Waals surface area (Å²) in [6, 6.07) is 5.67. The maximum atomic E-state index is 13.3. The zero-order chi connectivity index (χ0) is 18.3. The van der Waals surface area contributed by atoms with Crippen LogP contribution in [0.25, 0.3) is 11.3 Å². The number of nitrogens with one attached hydrogen (secondary N) is 1. The molecule has 1 saturated carbocycles. The summed E-state index contributed by atoms with van der Waals surface area (Å²) in [6.07, 6.45) is 5.19. The molecule has 4 rings (SSSR count). The average molecular weight is 377 g/mol. The first-order chi connectivity index (χ1) is 12.5. The van der Waals surface area contributed by atoms with Gasteiger partial charge in [-0.3, -0.25) is 4.79 Å². The molecular formula is C18H20FN3O3S. The predicted molar refractivity (Wildman–Crippen MR) is 94.0 cm³/mol. The molecule has 26 heavy (non-hydrogen) atoms. The van der Waals surface area contributed by atoms with E-state index >= 15 is 0 Å². The molecule has 2 aromatic rings. The molecule has 0 atom stereocenters. The van der Waals surface area contributed by atoms with Crippen LogP contribution in [0.4, 0.5) is 4.39 Å². The van der Waals surface area contributed by atoms with Crippen molar-refractivity contribution in [3.05, 3.63) is 35.8 Å². The van der Waals surface area contributed by atoms with Crippen molar-refractivity contribution in [2.24, 2.45) is 0 Å². The molecule has 0 radical (unpaired) electrons. The van der Waals surface area contributed by atoms with Crippen LogP contribution in [0.5, 0.6) is 0 Å². The number of carbonyl (C=O) groups is 1. The van der Waals surface area contributed by atoms with Gasteiger partial charge in [0, 0.05) is 18.2 Å². The molecule has 0 bridgehead atoms. The van der Waals surface area contributed by atoms with Gasteiger partial charge in [-0.1, -0.05) is 19.3 Å². The molecule has 1 amide bonds. The van der Waals surface area contributed by atoms with E-state index in [1.807, 2.05) is 0 Å². The van der Waals surface area contributed by atoms with Crippen LogP contribution in [0.15, 0.2) is 29.4 Å². The Labute approximate surface area is 151 Å². The molecule has 0 unspecified atom stereocenters. The first-order valence-electron chi connectivity index (χ1n) is 8.86. The summed E-state index contributed by atoms with van der Waals surface area (Å²) in [6.45, 7) is 0.208. The number of rotatable bonds is 3. The molecule has 0 saturated heterocycles. The van der Waals surface area contributed by atoms with Crippen molar-refractivity contribution in [2.75, 3.05) is 5.75 Å². The number of benzene rings is 1. The number of aromatic nitrogens is 2. The Morgan fingerprint density at radius 2 is 1.85 bits per heavy atom. The van der Waals surface area contributed by atoms with Gasteiger partial charge < -0.3 is 9.88 Å². The monoisotopic (exact) mass is 377 g/mol. The number of halogens is 1. The van der Waals surface area contributed by atoms with E-state index in [0.717, 1.165) is 25.7 Å². The molecular weight excluding hydrogens is 357 g/mol. The van der Waals surface area contributed by atoms with E-state index in [0.29, 0.717) is 5.56 Å². The number of imidazole rings is 1. The van der Waals surface area contributed by atoms with Crippen LogP contribution in [0, 0.1) is 5.82 Å². The summed E-state index contributed by atoms with van der Waals surface area (Å²) >= 11 is 0. The van der Waals surface area contributed by atoms with Crippen molar-refractivity contribution in [1.82, 2.24) is 14.9 Å². The lowest BCUT2D eigenvalue weighted by Gasteiger charge is -2.23. The van der Waals surface area contributed by atoms with Crippen LogP contribution in [0.1, 0.15) is 42.6 Å². The Hall–Kier alpha value is -2.22. The number of hydrogen-bond acceptors (Lipinski definition) is 4. The summed E-state index contributed by atoms with van der Waals surface area (Å²) in [5.74, 6) is -0.767. The highest BCUT2D eigenvalue weighted by atomic mass is 32.2. The van der Waals surface area contributed by atoms with Crippen LogP contribution < -0.4 is 5.32 Å². The number of hydrogen-bond donors (Lipinski definition) is 1.